The van der Waals surface area contributed by atoms with E-state index < -0.39 is 0 Å². The first-order valence-electron chi connectivity index (χ1n) is 9.77. The summed E-state index contributed by atoms with van der Waals surface area (Å²) in [5, 5.41) is 16.3. The Hall–Kier alpha value is -2.59. The fourth-order valence-electron chi connectivity index (χ4n) is 4.21. The zero-order valence-corrected chi connectivity index (χ0v) is 16.6. The number of anilines is 1. The molecule has 1 aliphatic carbocycles. The fourth-order valence-corrected chi connectivity index (χ4v) is 4.21. The number of rotatable bonds is 6. The molecule has 1 saturated carbocycles. The lowest BCUT2D eigenvalue weighted by molar-refractivity contribution is -0.121. The van der Waals surface area contributed by atoms with E-state index in [0.29, 0.717) is 26.0 Å². The lowest BCUT2D eigenvalue weighted by atomic mass is 9.72. The monoisotopic (exact) mass is 384 g/mol. The number of carbonyl (C=O) groups is 1. The van der Waals surface area contributed by atoms with Gasteiger partial charge in [0.15, 0.2) is 0 Å². The smallest absolute Gasteiger partial charge is 0.217 e. The summed E-state index contributed by atoms with van der Waals surface area (Å²) in [7, 11) is 1.64. The molecule has 5 unspecified atom stereocenters. The Morgan fingerprint density at radius 1 is 1.36 bits per heavy atom. The molecule has 3 rings (SSSR count). The SMILES string of the molecule is CCOC1CC2=NCC(C#N)C(Nc3ccc(OC)cc3)C2CC1NC(C)=O. The molecule has 1 heterocycles. The molecule has 1 aliphatic heterocycles. The lowest BCUT2D eigenvalue weighted by Gasteiger charge is -2.44. The number of benzene rings is 1. The summed E-state index contributed by atoms with van der Waals surface area (Å²) < 4.78 is 11.1. The van der Waals surface area contributed by atoms with Crippen LogP contribution in [-0.4, -0.2) is 50.1 Å². The fraction of sp³-hybridized carbons (Fsp3) is 0.571. The molecule has 7 heteroatoms. The van der Waals surface area contributed by atoms with Crippen molar-refractivity contribution in [2.75, 3.05) is 25.6 Å². The topological polar surface area (TPSA) is 95.7 Å². The van der Waals surface area contributed by atoms with Crippen LogP contribution in [0.2, 0.25) is 0 Å². The standard InChI is InChI=1S/C21H28N4O3/c1-4-28-20-10-18-17(9-19(20)24-13(2)26)21(14(11-22)12-23-18)25-15-5-7-16(27-3)8-6-15/h5-8,14,17,19-21,25H,4,9-10,12H2,1-3H3,(H,24,26). The molecular weight excluding hydrogens is 356 g/mol. The average Bonchev–Trinajstić information content (AvgIpc) is 2.69. The third-order valence-corrected chi connectivity index (χ3v) is 5.51. The highest BCUT2D eigenvalue weighted by Crippen LogP contribution is 2.35. The van der Waals surface area contributed by atoms with Gasteiger partial charge in [-0.1, -0.05) is 0 Å². The molecule has 150 valence electrons. The highest BCUT2D eigenvalue weighted by atomic mass is 16.5. The van der Waals surface area contributed by atoms with Crippen molar-refractivity contribution in [2.45, 2.75) is 44.9 Å². The van der Waals surface area contributed by atoms with Crippen molar-refractivity contribution in [2.24, 2.45) is 16.8 Å². The van der Waals surface area contributed by atoms with Gasteiger partial charge in [0, 0.05) is 37.3 Å². The number of nitrogens with one attached hydrogen (secondary N) is 2. The van der Waals surface area contributed by atoms with E-state index in [0.717, 1.165) is 17.1 Å². The molecule has 5 atom stereocenters. The van der Waals surface area contributed by atoms with Crippen LogP contribution < -0.4 is 15.4 Å². The van der Waals surface area contributed by atoms with Crippen molar-refractivity contribution in [1.29, 1.82) is 5.26 Å². The van der Waals surface area contributed by atoms with Gasteiger partial charge in [0.25, 0.3) is 0 Å². The number of methoxy groups -OCH3 is 1. The molecule has 1 aromatic carbocycles. The number of fused-ring (bicyclic) bond motifs is 1. The van der Waals surface area contributed by atoms with Crippen LogP contribution in [0.3, 0.4) is 0 Å². The Bertz CT molecular complexity index is 756. The Kier molecular flexibility index (Phi) is 6.53. The van der Waals surface area contributed by atoms with Gasteiger partial charge in [-0.05, 0) is 37.6 Å². The van der Waals surface area contributed by atoms with E-state index in [1.165, 1.54) is 6.92 Å². The lowest BCUT2D eigenvalue weighted by Crippen LogP contribution is -2.56. The number of hydrogen-bond acceptors (Lipinski definition) is 6. The van der Waals surface area contributed by atoms with Crippen LogP contribution in [0, 0.1) is 23.2 Å². The summed E-state index contributed by atoms with van der Waals surface area (Å²) in [6, 6.07) is 9.96. The van der Waals surface area contributed by atoms with Gasteiger partial charge < -0.3 is 20.1 Å². The van der Waals surface area contributed by atoms with E-state index in [2.05, 4.69) is 16.7 Å². The summed E-state index contributed by atoms with van der Waals surface area (Å²) in [5.41, 5.74) is 2.02. The second kappa shape index (κ2) is 9.07. The second-order valence-corrected chi connectivity index (χ2v) is 7.31. The Labute approximate surface area is 166 Å². The van der Waals surface area contributed by atoms with Gasteiger partial charge in [0.2, 0.25) is 5.91 Å². The van der Waals surface area contributed by atoms with E-state index in [9.17, 15) is 10.1 Å². The minimum atomic E-state index is -0.225. The maximum atomic E-state index is 11.7. The van der Waals surface area contributed by atoms with Gasteiger partial charge in [-0.2, -0.15) is 5.26 Å². The average molecular weight is 384 g/mol. The Balaban J connectivity index is 1.83. The number of nitriles is 1. The largest absolute Gasteiger partial charge is 0.497 e. The molecule has 0 radical (unpaired) electrons. The van der Waals surface area contributed by atoms with Crippen LogP contribution in [-0.2, 0) is 9.53 Å². The van der Waals surface area contributed by atoms with Crippen molar-refractivity contribution in [1.82, 2.24) is 5.32 Å². The summed E-state index contributed by atoms with van der Waals surface area (Å²) in [4.78, 5) is 16.4. The van der Waals surface area contributed by atoms with Crippen LogP contribution >= 0.6 is 0 Å². The zero-order chi connectivity index (χ0) is 20.1. The normalized spacial score (nSPS) is 29.1. The number of carbonyl (C=O) groups excluding carboxylic acids is 1. The first-order valence-corrected chi connectivity index (χ1v) is 9.77. The molecule has 1 amide bonds. The molecule has 2 aliphatic rings. The minimum Gasteiger partial charge on any atom is -0.497 e. The summed E-state index contributed by atoms with van der Waals surface area (Å²) in [6.07, 6.45) is 1.31. The van der Waals surface area contributed by atoms with Crippen LogP contribution in [0.1, 0.15) is 26.7 Å². The summed E-state index contributed by atoms with van der Waals surface area (Å²) in [6.45, 7) is 4.56. The third kappa shape index (κ3) is 4.45. The van der Waals surface area contributed by atoms with Gasteiger partial charge in [0.05, 0.1) is 43.8 Å². The Morgan fingerprint density at radius 2 is 2.11 bits per heavy atom. The van der Waals surface area contributed by atoms with E-state index in [4.69, 9.17) is 14.5 Å². The van der Waals surface area contributed by atoms with E-state index in [1.54, 1.807) is 7.11 Å². The minimum absolute atomic E-state index is 0.0651. The van der Waals surface area contributed by atoms with Gasteiger partial charge >= 0.3 is 0 Å². The maximum Gasteiger partial charge on any atom is 0.217 e. The molecular formula is C21H28N4O3. The third-order valence-electron chi connectivity index (χ3n) is 5.51. The van der Waals surface area contributed by atoms with Crippen LogP contribution in [0.25, 0.3) is 0 Å². The van der Waals surface area contributed by atoms with Gasteiger partial charge in [-0.3, -0.25) is 9.79 Å². The molecule has 1 aromatic rings. The number of aliphatic imine (C=N–C) groups is 1. The van der Waals surface area contributed by atoms with E-state index in [1.807, 2.05) is 31.2 Å². The summed E-state index contributed by atoms with van der Waals surface area (Å²) >= 11 is 0. The highest BCUT2D eigenvalue weighted by molar-refractivity contribution is 5.90. The van der Waals surface area contributed by atoms with Gasteiger partial charge in [-0.15, -0.1) is 0 Å². The molecule has 0 aromatic heterocycles. The zero-order valence-electron chi connectivity index (χ0n) is 16.6. The number of amides is 1. The first kappa shape index (κ1) is 20.2. The van der Waals surface area contributed by atoms with Gasteiger partial charge in [0.1, 0.15) is 5.75 Å². The van der Waals surface area contributed by atoms with Crippen LogP contribution in [0.4, 0.5) is 5.69 Å². The maximum absolute atomic E-state index is 11.7. The Morgan fingerprint density at radius 3 is 2.71 bits per heavy atom. The van der Waals surface area contributed by atoms with Gasteiger partial charge in [-0.25, -0.2) is 0 Å². The number of hydrogen-bond donors (Lipinski definition) is 2. The highest BCUT2D eigenvalue weighted by Gasteiger charge is 2.44. The molecule has 7 nitrogen and oxygen atoms in total. The van der Waals surface area contributed by atoms with Crippen molar-refractivity contribution in [3.63, 3.8) is 0 Å². The molecule has 1 fully saturated rings. The van der Waals surface area contributed by atoms with Crippen molar-refractivity contribution in [3.05, 3.63) is 24.3 Å². The van der Waals surface area contributed by atoms with E-state index >= 15 is 0 Å². The molecule has 2 N–H and O–H groups in total. The number of ether oxygens (including phenoxy) is 2. The predicted octanol–water partition coefficient (Wildman–Crippen LogP) is 2.39. The van der Waals surface area contributed by atoms with Crippen molar-refractivity contribution < 1.29 is 14.3 Å². The van der Waals surface area contributed by atoms with Crippen molar-refractivity contribution in [3.8, 4) is 11.8 Å². The molecule has 28 heavy (non-hydrogen) atoms. The van der Waals surface area contributed by atoms with Crippen LogP contribution in [0.5, 0.6) is 5.75 Å². The summed E-state index contributed by atoms with van der Waals surface area (Å²) in [5.74, 6) is 0.574. The second-order valence-electron chi connectivity index (χ2n) is 7.31. The van der Waals surface area contributed by atoms with Crippen LogP contribution in [0.15, 0.2) is 29.3 Å². The van der Waals surface area contributed by atoms with E-state index in [-0.39, 0.29) is 35.9 Å². The quantitative estimate of drug-likeness (QED) is 0.785. The predicted molar refractivity (Wildman–Crippen MR) is 108 cm³/mol. The molecule has 0 spiro atoms. The molecule has 0 bridgehead atoms. The van der Waals surface area contributed by atoms with Crippen molar-refractivity contribution >= 4 is 17.3 Å². The molecule has 0 saturated heterocycles. The number of nitrogens with zero attached hydrogens (tertiary/aromatic N) is 2. The first-order chi connectivity index (χ1) is 13.5.